The van der Waals surface area contributed by atoms with Crippen LogP contribution in [0.25, 0.3) is 0 Å². The lowest BCUT2D eigenvalue weighted by Gasteiger charge is -2.34. The molecule has 0 radical (unpaired) electrons. The highest BCUT2D eigenvalue weighted by Crippen LogP contribution is 2.35. The van der Waals surface area contributed by atoms with Crippen molar-refractivity contribution in [2.24, 2.45) is 0 Å². The molecule has 1 aliphatic carbocycles. The lowest BCUT2D eigenvalue weighted by atomic mass is 9.95. The second-order valence-corrected chi connectivity index (χ2v) is 6.75. The van der Waals surface area contributed by atoms with Gasteiger partial charge in [0, 0.05) is 24.8 Å². The van der Waals surface area contributed by atoms with Crippen LogP contribution in [0.1, 0.15) is 38.5 Å². The number of nitrogens with zero attached hydrogens (tertiary/aromatic N) is 1. The summed E-state index contributed by atoms with van der Waals surface area (Å²) in [5.74, 6) is 2.43. The van der Waals surface area contributed by atoms with Gasteiger partial charge in [-0.15, -0.1) is 0 Å². The number of thioether (sulfide) groups is 1. The number of carbonyl (C=O) groups excluding carboxylic acids is 2. The molecule has 2 aliphatic heterocycles. The fourth-order valence-corrected chi connectivity index (χ4v) is 4.64. The third-order valence-corrected chi connectivity index (χ3v) is 5.58. The third-order valence-electron chi connectivity index (χ3n) is 4.43. The second-order valence-electron chi connectivity index (χ2n) is 5.60. The quantitative estimate of drug-likeness (QED) is 0.776. The number of hydrogen-bond donors (Lipinski definition) is 1. The summed E-state index contributed by atoms with van der Waals surface area (Å²) < 4.78 is 0. The summed E-state index contributed by atoms with van der Waals surface area (Å²) in [6.45, 7) is 0.609. The summed E-state index contributed by atoms with van der Waals surface area (Å²) in [5, 5.41) is 3.02. The van der Waals surface area contributed by atoms with Crippen LogP contribution in [0.5, 0.6) is 0 Å². The maximum Gasteiger partial charge on any atom is 0.248 e. The molecule has 0 aromatic heterocycles. The second kappa shape index (κ2) is 4.76. The van der Waals surface area contributed by atoms with Gasteiger partial charge in [-0.2, -0.15) is 11.8 Å². The first-order valence-electron chi connectivity index (χ1n) is 6.91. The average molecular weight is 268 g/mol. The predicted octanol–water partition coefficient (Wildman–Crippen LogP) is 1.15. The number of rotatable bonds is 1. The molecular formula is C13H20N2O2S. The average Bonchev–Trinajstić information content (AvgIpc) is 2.98. The van der Waals surface area contributed by atoms with Crippen molar-refractivity contribution >= 4 is 23.6 Å². The van der Waals surface area contributed by atoms with Crippen molar-refractivity contribution in [2.45, 2.75) is 50.1 Å². The molecular weight excluding hydrogens is 248 g/mol. The molecule has 0 aromatic carbocycles. The van der Waals surface area contributed by atoms with Gasteiger partial charge in [-0.25, -0.2) is 0 Å². The van der Waals surface area contributed by atoms with Crippen molar-refractivity contribution in [2.75, 3.05) is 18.1 Å². The molecule has 3 aliphatic rings. The maximum absolute atomic E-state index is 12.8. The topological polar surface area (TPSA) is 49.4 Å². The zero-order valence-electron chi connectivity index (χ0n) is 10.6. The number of carbonyl (C=O) groups is 2. The van der Waals surface area contributed by atoms with Crippen LogP contribution >= 0.6 is 11.8 Å². The van der Waals surface area contributed by atoms with E-state index in [1.165, 1.54) is 0 Å². The van der Waals surface area contributed by atoms with Crippen molar-refractivity contribution in [1.29, 1.82) is 0 Å². The molecule has 18 heavy (non-hydrogen) atoms. The third kappa shape index (κ3) is 2.02. The van der Waals surface area contributed by atoms with Gasteiger partial charge < -0.3 is 10.2 Å². The summed E-state index contributed by atoms with van der Waals surface area (Å²) in [4.78, 5) is 26.7. The molecule has 3 rings (SSSR count). The summed E-state index contributed by atoms with van der Waals surface area (Å²) in [5.41, 5.74) is -0.555. The van der Waals surface area contributed by atoms with E-state index >= 15 is 0 Å². The van der Waals surface area contributed by atoms with E-state index in [1.54, 1.807) is 0 Å². The smallest absolute Gasteiger partial charge is 0.248 e. The van der Waals surface area contributed by atoms with Gasteiger partial charge >= 0.3 is 0 Å². The van der Waals surface area contributed by atoms with E-state index in [9.17, 15) is 9.59 Å². The predicted molar refractivity (Wildman–Crippen MR) is 71.4 cm³/mol. The molecule has 0 aromatic rings. The SMILES string of the molecule is O=C1CCN(C2CCSC2)C(=O)C2(CCCC2)N1. The van der Waals surface area contributed by atoms with Crippen LogP contribution in [-0.2, 0) is 9.59 Å². The largest absolute Gasteiger partial charge is 0.342 e. The van der Waals surface area contributed by atoms with Crippen molar-refractivity contribution in [3.63, 3.8) is 0 Å². The van der Waals surface area contributed by atoms with Gasteiger partial charge in [0.15, 0.2) is 0 Å². The van der Waals surface area contributed by atoms with E-state index in [0.29, 0.717) is 19.0 Å². The molecule has 5 heteroatoms. The Balaban J connectivity index is 1.85. The fourth-order valence-electron chi connectivity index (χ4n) is 3.41. The first-order valence-corrected chi connectivity index (χ1v) is 8.07. The van der Waals surface area contributed by atoms with E-state index in [0.717, 1.165) is 43.6 Å². The molecule has 4 nitrogen and oxygen atoms in total. The van der Waals surface area contributed by atoms with Gasteiger partial charge in [0.05, 0.1) is 0 Å². The van der Waals surface area contributed by atoms with Crippen LogP contribution in [0.3, 0.4) is 0 Å². The van der Waals surface area contributed by atoms with Gasteiger partial charge in [-0.1, -0.05) is 12.8 Å². The number of hydrogen-bond acceptors (Lipinski definition) is 3. The highest BCUT2D eigenvalue weighted by Gasteiger charge is 2.47. The summed E-state index contributed by atoms with van der Waals surface area (Å²) in [6, 6.07) is 0.354. The Kier molecular flexibility index (Phi) is 3.26. The van der Waals surface area contributed by atoms with Crippen LogP contribution < -0.4 is 5.32 Å². The summed E-state index contributed by atoms with van der Waals surface area (Å²) in [7, 11) is 0. The van der Waals surface area contributed by atoms with Gasteiger partial charge in [0.25, 0.3) is 0 Å². The van der Waals surface area contributed by atoms with E-state index in [2.05, 4.69) is 5.32 Å². The molecule has 0 bridgehead atoms. The van der Waals surface area contributed by atoms with Gasteiger partial charge in [-0.3, -0.25) is 9.59 Å². The number of amides is 2. The molecule has 1 atom stereocenters. The summed E-state index contributed by atoms with van der Waals surface area (Å²) >= 11 is 1.92. The molecule has 1 N–H and O–H groups in total. The van der Waals surface area contributed by atoms with E-state index in [1.807, 2.05) is 16.7 Å². The molecule has 2 saturated heterocycles. The molecule has 3 fully saturated rings. The van der Waals surface area contributed by atoms with Crippen molar-refractivity contribution in [3.8, 4) is 0 Å². The molecule has 2 amide bonds. The van der Waals surface area contributed by atoms with Crippen molar-refractivity contribution in [3.05, 3.63) is 0 Å². The normalized spacial score (nSPS) is 31.8. The Hall–Kier alpha value is -0.710. The van der Waals surface area contributed by atoms with Crippen LogP contribution in [0, 0.1) is 0 Å². The van der Waals surface area contributed by atoms with Crippen LogP contribution in [0.15, 0.2) is 0 Å². The van der Waals surface area contributed by atoms with Gasteiger partial charge in [-0.05, 0) is 25.0 Å². The molecule has 100 valence electrons. The van der Waals surface area contributed by atoms with E-state index < -0.39 is 5.54 Å². The minimum Gasteiger partial charge on any atom is -0.342 e. The van der Waals surface area contributed by atoms with Crippen LogP contribution in [-0.4, -0.2) is 46.3 Å². The number of nitrogens with one attached hydrogen (secondary N) is 1. The Morgan fingerprint density at radius 2 is 2.06 bits per heavy atom. The van der Waals surface area contributed by atoms with Gasteiger partial charge in [0.2, 0.25) is 11.8 Å². The van der Waals surface area contributed by atoms with Crippen LogP contribution in [0.2, 0.25) is 0 Å². The highest BCUT2D eigenvalue weighted by molar-refractivity contribution is 7.99. The monoisotopic (exact) mass is 268 g/mol. The lowest BCUT2D eigenvalue weighted by Crippen LogP contribution is -2.57. The Bertz CT molecular complexity index is 360. The molecule has 2 heterocycles. The lowest BCUT2D eigenvalue weighted by molar-refractivity contribution is -0.140. The Labute approximate surface area is 112 Å². The minimum atomic E-state index is -0.555. The highest BCUT2D eigenvalue weighted by atomic mass is 32.2. The van der Waals surface area contributed by atoms with Crippen molar-refractivity contribution in [1.82, 2.24) is 10.2 Å². The first-order chi connectivity index (χ1) is 8.71. The zero-order valence-corrected chi connectivity index (χ0v) is 11.4. The molecule has 1 spiro atoms. The molecule has 1 saturated carbocycles. The Morgan fingerprint density at radius 1 is 1.28 bits per heavy atom. The van der Waals surface area contributed by atoms with Gasteiger partial charge in [0.1, 0.15) is 5.54 Å². The van der Waals surface area contributed by atoms with Crippen molar-refractivity contribution < 1.29 is 9.59 Å². The zero-order chi connectivity index (χ0) is 12.6. The van der Waals surface area contributed by atoms with Crippen LogP contribution in [0.4, 0.5) is 0 Å². The molecule has 1 unspecified atom stereocenters. The minimum absolute atomic E-state index is 0.0541. The first kappa shape index (κ1) is 12.3. The summed E-state index contributed by atoms with van der Waals surface area (Å²) in [6.07, 6.45) is 5.32. The Morgan fingerprint density at radius 3 is 2.72 bits per heavy atom. The maximum atomic E-state index is 12.8. The van der Waals surface area contributed by atoms with E-state index in [4.69, 9.17) is 0 Å². The van der Waals surface area contributed by atoms with E-state index in [-0.39, 0.29) is 11.8 Å². The standard InChI is InChI=1S/C13H20N2O2S/c16-11-3-7-15(10-4-8-18-9-10)12(17)13(14-11)5-1-2-6-13/h10H,1-9H2,(H,14,16). The fraction of sp³-hybridized carbons (Fsp3) is 0.846.